The molecule has 1 N–H and O–H groups in total. The van der Waals surface area contributed by atoms with E-state index in [-0.39, 0.29) is 18.6 Å². The lowest BCUT2D eigenvalue weighted by Crippen LogP contribution is -2.42. The highest BCUT2D eigenvalue weighted by molar-refractivity contribution is 14.1. The van der Waals surface area contributed by atoms with Gasteiger partial charge in [-0.2, -0.15) is 0 Å². The zero-order chi connectivity index (χ0) is 23.8. The van der Waals surface area contributed by atoms with Crippen molar-refractivity contribution in [2.45, 2.75) is 25.1 Å². The largest absolute Gasteiger partial charge is 0.460 e. The molecule has 0 amide bonds. The van der Waals surface area contributed by atoms with Gasteiger partial charge in [0.15, 0.2) is 0 Å². The Hall–Kier alpha value is -2.48. The Kier molecular flexibility index (Phi) is 8.91. The predicted octanol–water partition coefficient (Wildman–Crippen LogP) is 7.09. The molecule has 0 spiro atoms. The molecule has 0 bridgehead atoms. The summed E-state index contributed by atoms with van der Waals surface area (Å²) in [6.45, 7) is 0.247. The number of hydrogen-bond acceptors (Lipinski definition) is 3. The summed E-state index contributed by atoms with van der Waals surface area (Å²) in [5.41, 5.74) is 4.26. The Labute approximate surface area is 222 Å². The number of rotatable bonds is 9. The molecule has 0 fully saturated rings. The second-order valence-corrected chi connectivity index (χ2v) is 10.1. The van der Waals surface area contributed by atoms with Crippen LogP contribution in [0.25, 0.3) is 0 Å². The van der Waals surface area contributed by atoms with Crippen LogP contribution in [0.2, 0.25) is 0 Å². The van der Waals surface area contributed by atoms with Crippen molar-refractivity contribution < 1.29 is 9.53 Å². The third-order valence-electron chi connectivity index (χ3n) is 5.58. The van der Waals surface area contributed by atoms with Crippen LogP contribution in [0.15, 0.2) is 114 Å². The van der Waals surface area contributed by atoms with Crippen LogP contribution in [-0.4, -0.2) is 12.0 Å². The van der Waals surface area contributed by atoms with Gasteiger partial charge in [0.25, 0.3) is 0 Å². The van der Waals surface area contributed by atoms with E-state index in [1.807, 2.05) is 72.8 Å². The third kappa shape index (κ3) is 6.78. The van der Waals surface area contributed by atoms with E-state index in [1.54, 1.807) is 0 Å². The number of hydrogen-bond donors (Lipinski definition) is 1. The highest BCUT2D eigenvalue weighted by Gasteiger charge is 2.26. The molecule has 0 aliphatic carbocycles. The Morgan fingerprint density at radius 1 is 0.824 bits per heavy atom. The van der Waals surface area contributed by atoms with E-state index < -0.39 is 6.04 Å². The van der Waals surface area contributed by atoms with Crippen molar-refractivity contribution >= 4 is 44.5 Å². The summed E-state index contributed by atoms with van der Waals surface area (Å²) in [6.07, 6.45) is 0.523. The molecule has 172 valence electrons. The van der Waals surface area contributed by atoms with Crippen LogP contribution in [0.4, 0.5) is 0 Å². The Balaban J connectivity index is 1.63. The number of esters is 1. The molecule has 34 heavy (non-hydrogen) atoms. The molecular weight excluding hydrogens is 601 g/mol. The second kappa shape index (κ2) is 12.3. The molecule has 0 aliphatic heterocycles. The molecule has 4 aromatic carbocycles. The van der Waals surface area contributed by atoms with Gasteiger partial charge in [-0.3, -0.25) is 10.1 Å². The molecular formula is C29H25BrINO2. The second-order valence-electron chi connectivity index (χ2n) is 8.01. The van der Waals surface area contributed by atoms with Gasteiger partial charge in [-0.05, 0) is 63.4 Å². The third-order valence-corrected chi connectivity index (χ3v) is 7.08. The SMILES string of the molecule is O=C(OCc1ccccc1)C(Cc1ccc(Br)cc1I)NC(c1ccccc1)c1ccccc1. The van der Waals surface area contributed by atoms with Crippen LogP contribution in [0.1, 0.15) is 28.3 Å². The average Bonchev–Trinajstić information content (AvgIpc) is 2.88. The first-order valence-corrected chi connectivity index (χ1v) is 13.0. The van der Waals surface area contributed by atoms with Crippen molar-refractivity contribution in [2.24, 2.45) is 0 Å². The van der Waals surface area contributed by atoms with Crippen molar-refractivity contribution in [1.82, 2.24) is 5.32 Å². The van der Waals surface area contributed by atoms with E-state index in [0.29, 0.717) is 6.42 Å². The molecule has 0 saturated carbocycles. The van der Waals surface area contributed by atoms with Gasteiger partial charge in [-0.25, -0.2) is 0 Å². The van der Waals surface area contributed by atoms with Gasteiger partial charge in [-0.1, -0.05) is 113 Å². The maximum absolute atomic E-state index is 13.4. The monoisotopic (exact) mass is 625 g/mol. The number of halogens is 2. The molecule has 3 nitrogen and oxygen atoms in total. The summed E-state index contributed by atoms with van der Waals surface area (Å²) in [6, 6.07) is 35.7. The first-order valence-electron chi connectivity index (χ1n) is 11.1. The maximum atomic E-state index is 13.4. The zero-order valence-electron chi connectivity index (χ0n) is 18.5. The minimum atomic E-state index is -0.524. The van der Waals surface area contributed by atoms with Crippen molar-refractivity contribution in [1.29, 1.82) is 0 Å². The number of benzene rings is 4. The van der Waals surface area contributed by atoms with Crippen LogP contribution in [0.3, 0.4) is 0 Å². The normalized spacial score (nSPS) is 11.9. The molecule has 4 aromatic rings. The van der Waals surface area contributed by atoms with Gasteiger partial charge in [-0.15, -0.1) is 0 Å². The highest BCUT2D eigenvalue weighted by Crippen LogP contribution is 2.25. The fraction of sp³-hybridized carbons (Fsp3) is 0.138. The van der Waals surface area contributed by atoms with Gasteiger partial charge in [0.1, 0.15) is 12.6 Å². The van der Waals surface area contributed by atoms with E-state index >= 15 is 0 Å². The van der Waals surface area contributed by atoms with E-state index in [4.69, 9.17) is 4.74 Å². The number of carbonyl (C=O) groups excluding carboxylic acids is 1. The lowest BCUT2D eigenvalue weighted by molar-refractivity contribution is -0.147. The number of nitrogens with one attached hydrogen (secondary N) is 1. The van der Waals surface area contributed by atoms with Gasteiger partial charge in [0, 0.05) is 8.04 Å². The summed E-state index contributed by atoms with van der Waals surface area (Å²) in [5, 5.41) is 3.62. The topological polar surface area (TPSA) is 38.3 Å². The fourth-order valence-electron chi connectivity index (χ4n) is 3.82. The Morgan fingerprint density at radius 3 is 1.94 bits per heavy atom. The van der Waals surface area contributed by atoms with E-state index in [0.717, 1.165) is 30.3 Å². The Morgan fingerprint density at radius 2 is 1.38 bits per heavy atom. The molecule has 4 rings (SSSR count). The summed E-state index contributed by atoms with van der Waals surface area (Å²) in [7, 11) is 0. The summed E-state index contributed by atoms with van der Waals surface area (Å²) in [4.78, 5) is 13.4. The van der Waals surface area contributed by atoms with Crippen LogP contribution in [-0.2, 0) is 22.6 Å². The van der Waals surface area contributed by atoms with E-state index in [1.165, 1.54) is 0 Å². The van der Waals surface area contributed by atoms with E-state index in [9.17, 15) is 4.79 Å². The lowest BCUT2D eigenvalue weighted by atomic mass is 9.96. The molecule has 1 unspecified atom stereocenters. The number of ether oxygens (including phenoxy) is 1. The smallest absolute Gasteiger partial charge is 0.323 e. The van der Waals surface area contributed by atoms with Gasteiger partial charge in [0.05, 0.1) is 6.04 Å². The minimum absolute atomic E-state index is 0.148. The van der Waals surface area contributed by atoms with Crippen LogP contribution >= 0.6 is 38.5 Å². The molecule has 5 heteroatoms. The summed E-state index contributed by atoms with van der Waals surface area (Å²) >= 11 is 5.85. The van der Waals surface area contributed by atoms with Crippen molar-refractivity contribution in [3.8, 4) is 0 Å². The molecule has 0 radical (unpaired) electrons. The lowest BCUT2D eigenvalue weighted by Gasteiger charge is -2.26. The van der Waals surface area contributed by atoms with Gasteiger partial charge >= 0.3 is 5.97 Å². The van der Waals surface area contributed by atoms with Gasteiger partial charge in [0.2, 0.25) is 0 Å². The van der Waals surface area contributed by atoms with Gasteiger partial charge < -0.3 is 4.74 Å². The van der Waals surface area contributed by atoms with E-state index in [2.05, 4.69) is 80.2 Å². The molecule has 0 saturated heterocycles. The molecule has 0 aromatic heterocycles. The van der Waals surface area contributed by atoms with Crippen molar-refractivity contribution in [2.75, 3.05) is 0 Å². The summed E-state index contributed by atoms with van der Waals surface area (Å²) < 4.78 is 7.90. The van der Waals surface area contributed by atoms with Crippen molar-refractivity contribution in [3.05, 3.63) is 139 Å². The predicted molar refractivity (Wildman–Crippen MR) is 148 cm³/mol. The molecule has 1 atom stereocenters. The first kappa shape index (κ1) is 24.6. The molecule has 0 heterocycles. The standard InChI is InChI=1S/C29H25BrINO2/c30-25-17-16-24(26(31)19-25)18-27(29(33)34-20-21-10-4-1-5-11-21)32-28(22-12-6-2-7-13-22)23-14-8-3-9-15-23/h1-17,19,27-28,32H,18,20H2. The van der Waals surface area contributed by atoms with Crippen LogP contribution in [0.5, 0.6) is 0 Å². The molecule has 0 aliphatic rings. The Bertz CT molecular complexity index is 1160. The van der Waals surface area contributed by atoms with Crippen LogP contribution in [0, 0.1) is 3.57 Å². The minimum Gasteiger partial charge on any atom is -0.460 e. The zero-order valence-corrected chi connectivity index (χ0v) is 22.3. The average molecular weight is 626 g/mol. The van der Waals surface area contributed by atoms with Crippen LogP contribution < -0.4 is 5.32 Å². The summed E-state index contributed by atoms with van der Waals surface area (Å²) in [5.74, 6) is -0.264. The van der Waals surface area contributed by atoms with Crippen molar-refractivity contribution in [3.63, 3.8) is 0 Å². The first-order chi connectivity index (χ1) is 16.6. The highest BCUT2D eigenvalue weighted by atomic mass is 127. The number of carbonyl (C=O) groups is 1. The quantitative estimate of drug-likeness (QED) is 0.159. The fourth-order valence-corrected chi connectivity index (χ4v) is 5.35. The maximum Gasteiger partial charge on any atom is 0.323 e.